The Morgan fingerprint density at radius 1 is 1.00 bits per heavy atom. The monoisotopic (exact) mass is 441 g/mol. The van der Waals surface area contributed by atoms with Crippen molar-refractivity contribution < 1.29 is 9.59 Å². The first kappa shape index (κ1) is 19.6. The molecule has 30 heavy (non-hydrogen) atoms. The number of amides is 2. The van der Waals surface area contributed by atoms with Gasteiger partial charge in [-0.15, -0.1) is 0 Å². The molecule has 154 valence electrons. The van der Waals surface area contributed by atoms with E-state index in [1.54, 1.807) is 18.3 Å². The minimum Gasteiger partial charge on any atom is -0.316 e. The molecule has 1 saturated carbocycles. The van der Waals surface area contributed by atoms with E-state index in [9.17, 15) is 9.59 Å². The van der Waals surface area contributed by atoms with Crippen molar-refractivity contribution in [1.29, 1.82) is 0 Å². The normalized spacial score (nSPS) is 27.5. The molecule has 4 atom stereocenters. The van der Waals surface area contributed by atoms with Crippen LogP contribution in [0.3, 0.4) is 0 Å². The van der Waals surface area contributed by atoms with Gasteiger partial charge in [0.05, 0.1) is 28.8 Å². The van der Waals surface area contributed by atoms with E-state index < -0.39 is 0 Å². The third kappa shape index (κ3) is 2.87. The molecule has 3 aliphatic carbocycles. The molecule has 0 unspecified atom stereocenters. The molecule has 1 aromatic heterocycles. The van der Waals surface area contributed by atoms with Crippen molar-refractivity contribution in [3.63, 3.8) is 0 Å². The number of rotatable bonds is 3. The smallest absolute Gasteiger partial charge is 0.254 e. The third-order valence-electron chi connectivity index (χ3n) is 6.67. The number of fused-ring (bicyclic) bond motifs is 1. The van der Waals surface area contributed by atoms with Gasteiger partial charge in [0, 0.05) is 22.0 Å². The SMILES string of the molecule is Cc1cc(/C=N\N2C(=O)[C@@H]3[C@H](C2=O)[C@H]2C=C[C@H]3CC2)c(C)n1-c1ccc(Cl)cc1Cl. The van der Waals surface area contributed by atoms with Gasteiger partial charge in [0.15, 0.2) is 0 Å². The highest BCUT2D eigenvalue weighted by molar-refractivity contribution is 6.35. The fourth-order valence-corrected chi connectivity index (χ4v) is 5.74. The van der Waals surface area contributed by atoms with E-state index in [0.29, 0.717) is 10.0 Å². The van der Waals surface area contributed by atoms with Crippen molar-refractivity contribution in [3.05, 3.63) is 63.4 Å². The number of carbonyl (C=O) groups is 2. The van der Waals surface area contributed by atoms with Crippen LogP contribution in [0.4, 0.5) is 0 Å². The van der Waals surface area contributed by atoms with E-state index in [2.05, 4.69) is 17.3 Å². The fraction of sp³-hybridized carbons (Fsp3) is 0.348. The summed E-state index contributed by atoms with van der Waals surface area (Å²) in [7, 11) is 0. The van der Waals surface area contributed by atoms with Crippen molar-refractivity contribution in [1.82, 2.24) is 9.58 Å². The van der Waals surface area contributed by atoms with Crippen LogP contribution < -0.4 is 0 Å². The lowest BCUT2D eigenvalue weighted by atomic mass is 9.63. The van der Waals surface area contributed by atoms with Gasteiger partial charge in [-0.2, -0.15) is 10.1 Å². The molecule has 2 heterocycles. The average Bonchev–Trinajstić information content (AvgIpc) is 3.16. The number of allylic oxidation sites excluding steroid dienone is 2. The standard InChI is InChI=1S/C23H21Cl2N3O2/c1-12-9-16(13(2)27(12)19-8-7-17(24)10-18(19)25)11-26-28-22(29)20-14-3-4-15(6-5-14)21(20)23(28)30/h3-4,7-11,14-15,20-21H,5-6H2,1-2H3/b26-11-/t14-,15-,20-,21+/m0/s1. The summed E-state index contributed by atoms with van der Waals surface area (Å²) in [6.07, 6.45) is 7.77. The van der Waals surface area contributed by atoms with Crippen LogP contribution in [0.2, 0.25) is 10.0 Å². The maximum absolute atomic E-state index is 12.9. The molecule has 0 spiro atoms. The number of benzene rings is 1. The molecular formula is C23H21Cl2N3O2. The number of carbonyl (C=O) groups excluding carboxylic acids is 2. The van der Waals surface area contributed by atoms with Crippen LogP contribution in [-0.2, 0) is 9.59 Å². The number of hydrogen-bond donors (Lipinski definition) is 0. The van der Waals surface area contributed by atoms with E-state index >= 15 is 0 Å². The van der Waals surface area contributed by atoms with Gasteiger partial charge in [-0.3, -0.25) is 9.59 Å². The van der Waals surface area contributed by atoms with Crippen LogP contribution in [0.1, 0.15) is 29.8 Å². The number of aryl methyl sites for hydroxylation is 1. The molecule has 0 radical (unpaired) electrons. The summed E-state index contributed by atoms with van der Waals surface area (Å²) in [5.41, 5.74) is 3.53. The molecule has 2 amide bonds. The largest absolute Gasteiger partial charge is 0.316 e. The highest BCUT2D eigenvalue weighted by atomic mass is 35.5. The Morgan fingerprint density at radius 2 is 1.63 bits per heavy atom. The summed E-state index contributed by atoms with van der Waals surface area (Å²) in [4.78, 5) is 25.9. The lowest BCUT2D eigenvalue weighted by molar-refractivity contribution is -0.140. The van der Waals surface area contributed by atoms with Crippen molar-refractivity contribution in [2.24, 2.45) is 28.8 Å². The van der Waals surface area contributed by atoms with Crippen LogP contribution in [0, 0.1) is 37.5 Å². The average molecular weight is 442 g/mol. The molecule has 4 aliphatic rings. The number of halogens is 2. The first-order valence-electron chi connectivity index (χ1n) is 10.1. The molecule has 2 fully saturated rings. The Kier molecular flexibility index (Phi) is 4.64. The predicted octanol–water partition coefficient (Wildman–Crippen LogP) is 4.93. The lowest BCUT2D eigenvalue weighted by Gasteiger charge is -2.37. The van der Waals surface area contributed by atoms with E-state index in [-0.39, 0.29) is 35.5 Å². The van der Waals surface area contributed by atoms with Crippen molar-refractivity contribution >= 4 is 41.2 Å². The number of imide groups is 1. The Morgan fingerprint density at radius 3 is 2.20 bits per heavy atom. The summed E-state index contributed by atoms with van der Waals surface area (Å²) in [5.74, 6) is -0.523. The maximum Gasteiger partial charge on any atom is 0.254 e. The summed E-state index contributed by atoms with van der Waals surface area (Å²) < 4.78 is 2.01. The quantitative estimate of drug-likeness (QED) is 0.385. The van der Waals surface area contributed by atoms with Gasteiger partial charge >= 0.3 is 0 Å². The lowest BCUT2D eigenvalue weighted by Crippen LogP contribution is -2.38. The topological polar surface area (TPSA) is 54.7 Å². The zero-order valence-corrected chi connectivity index (χ0v) is 18.2. The molecule has 6 rings (SSSR count). The van der Waals surface area contributed by atoms with Crippen LogP contribution >= 0.6 is 23.2 Å². The van der Waals surface area contributed by atoms with E-state index in [1.807, 2.05) is 30.5 Å². The number of hydrazone groups is 1. The van der Waals surface area contributed by atoms with Gasteiger partial charge in [-0.25, -0.2) is 0 Å². The third-order valence-corrected chi connectivity index (χ3v) is 7.21. The van der Waals surface area contributed by atoms with Crippen LogP contribution in [0.25, 0.3) is 5.69 Å². The molecule has 1 aliphatic heterocycles. The Labute approximate surface area is 184 Å². The number of hydrogen-bond acceptors (Lipinski definition) is 3. The van der Waals surface area contributed by atoms with Gasteiger partial charge < -0.3 is 4.57 Å². The predicted molar refractivity (Wildman–Crippen MR) is 117 cm³/mol. The Bertz CT molecular complexity index is 1100. The summed E-state index contributed by atoms with van der Waals surface area (Å²) in [5, 5.41) is 6.55. The van der Waals surface area contributed by atoms with Gasteiger partial charge in [0.2, 0.25) is 0 Å². The highest BCUT2D eigenvalue weighted by Gasteiger charge is 2.56. The molecule has 2 bridgehead atoms. The zero-order chi connectivity index (χ0) is 21.2. The van der Waals surface area contributed by atoms with Crippen LogP contribution in [-0.4, -0.2) is 27.6 Å². The highest BCUT2D eigenvalue weighted by Crippen LogP contribution is 2.49. The van der Waals surface area contributed by atoms with Gasteiger partial charge in [0.25, 0.3) is 11.8 Å². The first-order chi connectivity index (χ1) is 14.4. The number of nitrogens with zero attached hydrogens (tertiary/aromatic N) is 3. The van der Waals surface area contributed by atoms with Crippen molar-refractivity contribution in [2.75, 3.05) is 0 Å². The van der Waals surface area contributed by atoms with E-state index in [4.69, 9.17) is 23.2 Å². The Hall–Kier alpha value is -2.37. The Balaban J connectivity index is 1.46. The maximum atomic E-state index is 12.9. The number of aromatic nitrogens is 1. The molecular weight excluding hydrogens is 421 g/mol. The first-order valence-corrected chi connectivity index (χ1v) is 10.9. The minimum absolute atomic E-state index is 0.161. The summed E-state index contributed by atoms with van der Waals surface area (Å²) >= 11 is 12.4. The van der Waals surface area contributed by atoms with Crippen LogP contribution in [0.15, 0.2) is 41.5 Å². The van der Waals surface area contributed by atoms with Gasteiger partial charge in [-0.1, -0.05) is 35.4 Å². The van der Waals surface area contributed by atoms with Crippen molar-refractivity contribution in [3.8, 4) is 5.69 Å². The second-order valence-electron chi connectivity index (χ2n) is 8.33. The van der Waals surface area contributed by atoms with Crippen molar-refractivity contribution in [2.45, 2.75) is 26.7 Å². The second-order valence-corrected chi connectivity index (χ2v) is 9.18. The zero-order valence-electron chi connectivity index (χ0n) is 16.7. The fourth-order valence-electron chi connectivity index (χ4n) is 5.24. The van der Waals surface area contributed by atoms with E-state index in [1.165, 1.54) is 0 Å². The molecule has 0 N–H and O–H groups in total. The summed E-state index contributed by atoms with van der Waals surface area (Å²) in [6, 6.07) is 7.33. The molecule has 1 saturated heterocycles. The second kappa shape index (κ2) is 7.10. The van der Waals surface area contributed by atoms with Crippen LogP contribution in [0.5, 0.6) is 0 Å². The summed E-state index contributed by atoms with van der Waals surface area (Å²) in [6.45, 7) is 3.93. The molecule has 2 aromatic rings. The van der Waals surface area contributed by atoms with E-state index in [0.717, 1.165) is 40.5 Å². The minimum atomic E-state index is -0.251. The molecule has 7 heteroatoms. The van der Waals surface area contributed by atoms with Gasteiger partial charge in [-0.05, 0) is 62.8 Å². The molecule has 1 aromatic carbocycles. The van der Waals surface area contributed by atoms with Gasteiger partial charge in [0.1, 0.15) is 0 Å². The molecule has 5 nitrogen and oxygen atoms in total.